The molecule has 8 heteroatoms. The molecule has 2 amide bonds. The van der Waals surface area contributed by atoms with Crippen molar-refractivity contribution in [3.05, 3.63) is 59.7 Å². The number of rotatable bonds is 9. The first-order chi connectivity index (χ1) is 16.9. The molecule has 4 rings (SSSR count). The van der Waals surface area contributed by atoms with Crippen LogP contribution >= 0.6 is 0 Å². The number of carbonyl (C=O) groups is 3. The molecule has 1 heterocycles. The molecule has 0 aromatic heterocycles. The highest BCUT2D eigenvalue weighted by Gasteiger charge is 2.40. The molecule has 186 valence electrons. The van der Waals surface area contributed by atoms with E-state index in [-0.39, 0.29) is 37.7 Å². The van der Waals surface area contributed by atoms with Gasteiger partial charge in [0.15, 0.2) is 0 Å². The van der Waals surface area contributed by atoms with Crippen LogP contribution in [0.3, 0.4) is 0 Å². The van der Waals surface area contributed by atoms with E-state index in [0.717, 1.165) is 11.1 Å². The Labute approximate surface area is 205 Å². The Hall–Kier alpha value is -3.39. The van der Waals surface area contributed by atoms with Crippen LogP contribution in [0.1, 0.15) is 50.2 Å². The van der Waals surface area contributed by atoms with Gasteiger partial charge >= 0.3 is 12.1 Å². The highest BCUT2D eigenvalue weighted by Crippen LogP contribution is 2.44. The van der Waals surface area contributed by atoms with Crippen LogP contribution in [0.2, 0.25) is 0 Å². The van der Waals surface area contributed by atoms with E-state index in [1.165, 1.54) is 11.1 Å². The maximum absolute atomic E-state index is 12.7. The highest BCUT2D eigenvalue weighted by atomic mass is 16.5. The van der Waals surface area contributed by atoms with Crippen molar-refractivity contribution in [2.24, 2.45) is 5.92 Å². The Kier molecular flexibility index (Phi) is 7.40. The van der Waals surface area contributed by atoms with Gasteiger partial charge < -0.3 is 25.2 Å². The lowest BCUT2D eigenvalue weighted by Gasteiger charge is -2.29. The van der Waals surface area contributed by atoms with Crippen molar-refractivity contribution in [3.8, 4) is 11.1 Å². The fourth-order valence-corrected chi connectivity index (χ4v) is 5.00. The van der Waals surface area contributed by atoms with E-state index in [4.69, 9.17) is 9.47 Å². The number of nitrogens with one attached hydrogen (secondary N) is 2. The summed E-state index contributed by atoms with van der Waals surface area (Å²) in [6.45, 7) is 4.11. The molecule has 1 aliphatic carbocycles. The third-order valence-corrected chi connectivity index (χ3v) is 7.25. The summed E-state index contributed by atoms with van der Waals surface area (Å²) >= 11 is 0. The van der Waals surface area contributed by atoms with Crippen LogP contribution in [-0.2, 0) is 19.1 Å². The topological polar surface area (TPSA) is 114 Å². The minimum absolute atomic E-state index is 0.0180. The Balaban J connectivity index is 1.26. The van der Waals surface area contributed by atoms with Crippen molar-refractivity contribution in [2.45, 2.75) is 50.7 Å². The van der Waals surface area contributed by atoms with Crippen LogP contribution in [0.4, 0.5) is 4.79 Å². The molecule has 2 aliphatic rings. The average molecular weight is 481 g/mol. The molecule has 2 aromatic rings. The Morgan fingerprint density at radius 2 is 1.63 bits per heavy atom. The van der Waals surface area contributed by atoms with Crippen LogP contribution in [0.15, 0.2) is 48.5 Å². The first-order valence-electron chi connectivity index (χ1n) is 12.1. The number of hydrogen-bond donors (Lipinski definition) is 3. The molecule has 0 bridgehead atoms. The van der Waals surface area contributed by atoms with Gasteiger partial charge in [0, 0.05) is 12.5 Å². The molecular weight excluding hydrogens is 448 g/mol. The van der Waals surface area contributed by atoms with Crippen molar-refractivity contribution in [3.63, 3.8) is 0 Å². The highest BCUT2D eigenvalue weighted by molar-refractivity contribution is 5.88. The van der Waals surface area contributed by atoms with Crippen molar-refractivity contribution >= 4 is 18.0 Å². The molecular formula is C27H32N2O6. The van der Waals surface area contributed by atoms with Gasteiger partial charge in [-0.1, -0.05) is 62.4 Å². The SMILES string of the molecule is CCC(CC)(NC(=O)[C@@H]1CO[C@H](CNC(=O)OCC2c3ccccc3-c3ccccc32)C1)C(=O)O. The molecule has 1 fully saturated rings. The molecule has 0 unspecified atom stereocenters. The predicted octanol–water partition coefficient (Wildman–Crippen LogP) is 3.69. The number of alkyl carbamates (subject to hydrolysis) is 1. The summed E-state index contributed by atoms with van der Waals surface area (Å²) in [7, 11) is 0. The van der Waals surface area contributed by atoms with Crippen LogP contribution in [-0.4, -0.2) is 54.5 Å². The summed E-state index contributed by atoms with van der Waals surface area (Å²) in [6, 6.07) is 16.3. The fraction of sp³-hybridized carbons (Fsp3) is 0.444. The Bertz CT molecular complexity index is 1050. The Morgan fingerprint density at radius 1 is 1.03 bits per heavy atom. The minimum Gasteiger partial charge on any atom is -0.480 e. The summed E-state index contributed by atoms with van der Waals surface area (Å²) in [5.74, 6) is -1.85. The van der Waals surface area contributed by atoms with Crippen molar-refractivity contribution in [1.82, 2.24) is 10.6 Å². The van der Waals surface area contributed by atoms with E-state index in [0.29, 0.717) is 19.3 Å². The number of carbonyl (C=O) groups excluding carboxylic acids is 2. The number of carboxylic acids is 1. The molecule has 0 radical (unpaired) electrons. The van der Waals surface area contributed by atoms with Gasteiger partial charge in [0.05, 0.1) is 18.6 Å². The van der Waals surface area contributed by atoms with E-state index in [1.54, 1.807) is 13.8 Å². The standard InChI is InChI=1S/C27H32N2O6/c1-3-27(4-2,25(31)32)29-24(30)17-13-18(34-15-17)14-28-26(33)35-16-23-21-11-7-5-9-19(21)20-10-6-8-12-22(20)23/h5-12,17-18,23H,3-4,13-16H2,1-2H3,(H,28,33)(H,29,30)(H,31,32)/t17-,18-/m0/s1. The van der Waals surface area contributed by atoms with Crippen LogP contribution in [0, 0.1) is 5.92 Å². The van der Waals surface area contributed by atoms with E-state index in [9.17, 15) is 19.5 Å². The summed E-state index contributed by atoms with van der Waals surface area (Å²) in [5, 5.41) is 15.0. The third-order valence-electron chi connectivity index (χ3n) is 7.25. The van der Waals surface area contributed by atoms with Crippen molar-refractivity contribution in [2.75, 3.05) is 19.8 Å². The van der Waals surface area contributed by atoms with Gasteiger partial charge in [0.1, 0.15) is 12.1 Å². The molecule has 8 nitrogen and oxygen atoms in total. The average Bonchev–Trinajstić information content (AvgIpc) is 3.48. The number of fused-ring (bicyclic) bond motifs is 3. The van der Waals surface area contributed by atoms with Gasteiger partial charge in [-0.05, 0) is 41.5 Å². The molecule has 2 atom stereocenters. The van der Waals surface area contributed by atoms with Crippen LogP contribution in [0.25, 0.3) is 11.1 Å². The normalized spacial score (nSPS) is 19.0. The van der Waals surface area contributed by atoms with Gasteiger partial charge in [-0.25, -0.2) is 9.59 Å². The van der Waals surface area contributed by atoms with Crippen LogP contribution < -0.4 is 10.6 Å². The number of hydrogen-bond acceptors (Lipinski definition) is 5. The van der Waals surface area contributed by atoms with Gasteiger partial charge in [0.2, 0.25) is 5.91 Å². The van der Waals surface area contributed by atoms with Crippen molar-refractivity contribution < 1.29 is 29.0 Å². The second kappa shape index (κ2) is 10.5. The first-order valence-corrected chi connectivity index (χ1v) is 12.1. The van der Waals surface area contributed by atoms with Gasteiger partial charge in [-0.15, -0.1) is 0 Å². The zero-order chi connectivity index (χ0) is 25.0. The van der Waals surface area contributed by atoms with Gasteiger partial charge in [-0.2, -0.15) is 0 Å². The van der Waals surface area contributed by atoms with Gasteiger partial charge in [-0.3, -0.25) is 4.79 Å². The quantitative estimate of drug-likeness (QED) is 0.504. The molecule has 35 heavy (non-hydrogen) atoms. The largest absolute Gasteiger partial charge is 0.480 e. The molecule has 0 saturated carbocycles. The summed E-state index contributed by atoms with van der Waals surface area (Å²) in [4.78, 5) is 36.7. The predicted molar refractivity (Wildman–Crippen MR) is 130 cm³/mol. The van der Waals surface area contributed by atoms with E-state index < -0.39 is 23.5 Å². The molecule has 3 N–H and O–H groups in total. The second-order valence-corrected chi connectivity index (χ2v) is 9.18. The van der Waals surface area contributed by atoms with E-state index in [1.807, 2.05) is 24.3 Å². The number of amides is 2. The molecule has 1 aliphatic heterocycles. The maximum Gasteiger partial charge on any atom is 0.407 e. The molecule has 2 aromatic carbocycles. The zero-order valence-corrected chi connectivity index (χ0v) is 20.1. The minimum atomic E-state index is -1.27. The number of aliphatic carboxylic acids is 1. The summed E-state index contributed by atoms with van der Waals surface area (Å²) < 4.78 is 11.2. The third kappa shape index (κ3) is 5.03. The van der Waals surface area contributed by atoms with Crippen molar-refractivity contribution in [1.29, 1.82) is 0 Å². The lowest BCUT2D eigenvalue weighted by Crippen LogP contribution is -2.55. The number of ether oxygens (including phenoxy) is 2. The zero-order valence-electron chi connectivity index (χ0n) is 20.1. The second-order valence-electron chi connectivity index (χ2n) is 9.18. The smallest absolute Gasteiger partial charge is 0.407 e. The van der Waals surface area contributed by atoms with Gasteiger partial charge in [0.25, 0.3) is 0 Å². The number of carboxylic acid groups (broad SMARTS) is 1. The van der Waals surface area contributed by atoms with Crippen LogP contribution in [0.5, 0.6) is 0 Å². The van der Waals surface area contributed by atoms with E-state index in [2.05, 4.69) is 34.9 Å². The monoisotopic (exact) mass is 480 g/mol. The lowest BCUT2D eigenvalue weighted by atomic mass is 9.91. The summed E-state index contributed by atoms with van der Waals surface area (Å²) in [5.41, 5.74) is 3.35. The fourth-order valence-electron chi connectivity index (χ4n) is 5.00. The summed E-state index contributed by atoms with van der Waals surface area (Å²) in [6.07, 6.45) is 0.119. The number of benzene rings is 2. The first kappa shape index (κ1) is 24.7. The maximum atomic E-state index is 12.7. The molecule has 1 saturated heterocycles. The lowest BCUT2D eigenvalue weighted by molar-refractivity contribution is -0.148. The Morgan fingerprint density at radius 3 is 2.20 bits per heavy atom. The van der Waals surface area contributed by atoms with E-state index >= 15 is 0 Å². The molecule has 0 spiro atoms.